The van der Waals surface area contributed by atoms with Crippen LogP contribution < -0.4 is 0 Å². The van der Waals surface area contributed by atoms with E-state index in [0.29, 0.717) is 6.61 Å². The maximum atomic E-state index is 11.5. The van der Waals surface area contributed by atoms with Crippen LogP contribution in [0.5, 0.6) is 0 Å². The molecule has 0 saturated carbocycles. The van der Waals surface area contributed by atoms with Gasteiger partial charge < -0.3 is 13.6 Å². The zero-order valence-electron chi connectivity index (χ0n) is 9.41. The Balaban J connectivity index is 4.31. The van der Waals surface area contributed by atoms with Crippen molar-refractivity contribution in [3.8, 4) is 0 Å². The van der Waals surface area contributed by atoms with Gasteiger partial charge in [0.15, 0.2) is 0 Å². The van der Waals surface area contributed by atoms with Gasteiger partial charge in [-0.05, 0) is 13.3 Å². The van der Waals surface area contributed by atoms with Crippen LogP contribution in [0, 0.1) is 0 Å². The van der Waals surface area contributed by atoms with E-state index >= 15 is 0 Å². The molecule has 5 heteroatoms. The van der Waals surface area contributed by atoms with Crippen molar-refractivity contribution in [2.24, 2.45) is 0 Å². The molecule has 0 spiro atoms. The highest BCUT2D eigenvalue weighted by atomic mass is 28.3. The molecule has 0 heterocycles. The monoisotopic (exact) mass is 220 g/mol. The Morgan fingerprint density at radius 3 is 2.21 bits per heavy atom. The Morgan fingerprint density at radius 2 is 1.86 bits per heavy atom. The maximum absolute atomic E-state index is 11.5. The summed E-state index contributed by atoms with van der Waals surface area (Å²) in [6, 6.07) is 0. The second-order valence-electron chi connectivity index (χ2n) is 2.99. The first-order valence-corrected chi connectivity index (χ1v) is 6.54. The predicted octanol–water partition coefficient (Wildman–Crippen LogP) is 1.23. The fraction of sp³-hybridized carbons (Fsp3) is 0.889. The van der Waals surface area contributed by atoms with Crippen LogP contribution in [0.2, 0.25) is 5.54 Å². The van der Waals surface area contributed by atoms with Gasteiger partial charge in [-0.2, -0.15) is 0 Å². The van der Waals surface area contributed by atoms with Crippen LogP contribution in [0.25, 0.3) is 0 Å². The lowest BCUT2D eigenvalue weighted by Gasteiger charge is -2.20. The summed E-state index contributed by atoms with van der Waals surface area (Å²) in [4.78, 5) is 11.5. The highest BCUT2D eigenvalue weighted by Gasteiger charge is 2.31. The molecule has 14 heavy (non-hydrogen) atoms. The standard InChI is InChI=1S/C9H20O4Si/c1-5-7-8(9(10)13-6-2)14(11-3)12-4/h8,14H,5-7H2,1-4H3. The zero-order valence-corrected chi connectivity index (χ0v) is 10.6. The number of hydrogen-bond donors (Lipinski definition) is 0. The summed E-state index contributed by atoms with van der Waals surface area (Å²) in [5, 5.41) is 0. The summed E-state index contributed by atoms with van der Waals surface area (Å²) in [6.07, 6.45) is 1.71. The van der Waals surface area contributed by atoms with Gasteiger partial charge in [0.1, 0.15) is 0 Å². The molecule has 1 unspecified atom stereocenters. The minimum Gasteiger partial charge on any atom is -0.466 e. The third kappa shape index (κ3) is 4.21. The zero-order chi connectivity index (χ0) is 11.0. The molecule has 4 nitrogen and oxygen atoms in total. The molecule has 0 amide bonds. The van der Waals surface area contributed by atoms with Gasteiger partial charge in [0.05, 0.1) is 12.1 Å². The second kappa shape index (κ2) is 7.96. The number of ether oxygens (including phenoxy) is 1. The van der Waals surface area contributed by atoms with Gasteiger partial charge in [-0.3, -0.25) is 4.79 Å². The molecule has 0 aromatic heterocycles. The van der Waals surface area contributed by atoms with E-state index in [4.69, 9.17) is 13.6 Å². The van der Waals surface area contributed by atoms with Crippen LogP contribution in [0.3, 0.4) is 0 Å². The van der Waals surface area contributed by atoms with E-state index in [1.807, 2.05) is 6.92 Å². The van der Waals surface area contributed by atoms with Gasteiger partial charge in [0, 0.05) is 14.2 Å². The van der Waals surface area contributed by atoms with Crippen LogP contribution >= 0.6 is 0 Å². The lowest BCUT2D eigenvalue weighted by atomic mass is 10.2. The van der Waals surface area contributed by atoms with E-state index in [-0.39, 0.29) is 11.5 Å². The van der Waals surface area contributed by atoms with Crippen LogP contribution in [0.4, 0.5) is 0 Å². The highest BCUT2D eigenvalue weighted by molar-refractivity contribution is 6.51. The summed E-state index contributed by atoms with van der Waals surface area (Å²) in [7, 11) is 1.28. The molecule has 0 aromatic carbocycles. The largest absolute Gasteiger partial charge is 0.466 e. The van der Waals surface area contributed by atoms with Crippen LogP contribution in [-0.4, -0.2) is 36.1 Å². The van der Waals surface area contributed by atoms with E-state index in [1.54, 1.807) is 21.1 Å². The molecule has 0 radical (unpaired) electrons. The minimum atomic E-state index is -1.89. The van der Waals surface area contributed by atoms with Crippen LogP contribution in [0.1, 0.15) is 26.7 Å². The van der Waals surface area contributed by atoms with E-state index in [9.17, 15) is 4.79 Å². The SMILES string of the molecule is CCCC(C(=O)OCC)[SiH](OC)OC. The van der Waals surface area contributed by atoms with Gasteiger partial charge in [-0.1, -0.05) is 13.3 Å². The van der Waals surface area contributed by atoms with Crippen molar-refractivity contribution in [1.29, 1.82) is 0 Å². The average Bonchev–Trinajstić information content (AvgIpc) is 2.18. The first-order valence-electron chi connectivity index (χ1n) is 4.93. The van der Waals surface area contributed by atoms with Crippen LogP contribution in [-0.2, 0) is 18.4 Å². The van der Waals surface area contributed by atoms with Gasteiger partial charge in [0.25, 0.3) is 0 Å². The molecule has 0 aliphatic heterocycles. The van der Waals surface area contributed by atoms with Gasteiger partial charge in [-0.15, -0.1) is 0 Å². The summed E-state index contributed by atoms with van der Waals surface area (Å²) < 4.78 is 15.4. The van der Waals surface area contributed by atoms with Crippen molar-refractivity contribution in [3.63, 3.8) is 0 Å². The summed E-state index contributed by atoms with van der Waals surface area (Å²) >= 11 is 0. The van der Waals surface area contributed by atoms with Gasteiger partial charge in [-0.25, -0.2) is 0 Å². The molecule has 0 aromatic rings. The Hall–Kier alpha value is -0.393. The van der Waals surface area contributed by atoms with Crippen molar-refractivity contribution < 1.29 is 18.4 Å². The molecule has 0 N–H and O–H groups in total. The van der Waals surface area contributed by atoms with Crippen molar-refractivity contribution in [2.75, 3.05) is 20.8 Å². The van der Waals surface area contributed by atoms with E-state index in [2.05, 4.69) is 0 Å². The van der Waals surface area contributed by atoms with E-state index in [1.165, 1.54) is 0 Å². The number of esters is 1. The molecule has 0 rings (SSSR count). The Labute approximate surface area is 87.4 Å². The predicted molar refractivity (Wildman–Crippen MR) is 56.5 cm³/mol. The quantitative estimate of drug-likeness (QED) is 0.478. The van der Waals surface area contributed by atoms with Crippen molar-refractivity contribution in [1.82, 2.24) is 0 Å². The van der Waals surface area contributed by atoms with Crippen molar-refractivity contribution in [3.05, 3.63) is 0 Å². The molecule has 0 saturated heterocycles. The molecule has 0 fully saturated rings. The molecule has 1 atom stereocenters. The van der Waals surface area contributed by atoms with Crippen molar-refractivity contribution >= 4 is 15.3 Å². The summed E-state index contributed by atoms with van der Waals surface area (Å²) in [5.74, 6) is -0.185. The number of carbonyl (C=O) groups is 1. The highest BCUT2D eigenvalue weighted by Crippen LogP contribution is 2.20. The Kier molecular flexibility index (Phi) is 7.74. The minimum absolute atomic E-state index is 0.185. The molecule has 84 valence electrons. The van der Waals surface area contributed by atoms with Crippen molar-refractivity contribution in [2.45, 2.75) is 32.2 Å². The smallest absolute Gasteiger partial charge is 0.335 e. The number of rotatable bonds is 7. The fourth-order valence-corrected chi connectivity index (χ4v) is 3.12. The summed E-state index contributed by atoms with van der Waals surface area (Å²) in [6.45, 7) is 4.24. The molecular formula is C9H20O4Si. The molecule has 0 bridgehead atoms. The fourth-order valence-electron chi connectivity index (χ4n) is 1.35. The summed E-state index contributed by atoms with van der Waals surface area (Å²) in [5.41, 5.74) is -0.185. The normalized spacial score (nSPS) is 12.9. The number of carbonyl (C=O) groups excluding carboxylic acids is 1. The second-order valence-corrected chi connectivity index (χ2v) is 5.47. The first kappa shape index (κ1) is 13.6. The van der Waals surface area contributed by atoms with Crippen LogP contribution in [0.15, 0.2) is 0 Å². The maximum Gasteiger partial charge on any atom is 0.335 e. The molecular weight excluding hydrogens is 200 g/mol. The average molecular weight is 220 g/mol. The lowest BCUT2D eigenvalue weighted by molar-refractivity contribution is -0.143. The van der Waals surface area contributed by atoms with Gasteiger partial charge in [0.2, 0.25) is 0 Å². The molecule has 0 aliphatic carbocycles. The lowest BCUT2D eigenvalue weighted by Crippen LogP contribution is -2.32. The number of hydrogen-bond acceptors (Lipinski definition) is 4. The Bertz CT molecular complexity index is 159. The Morgan fingerprint density at radius 1 is 1.29 bits per heavy atom. The third-order valence-electron chi connectivity index (χ3n) is 1.98. The third-order valence-corrected chi connectivity index (χ3v) is 4.17. The topological polar surface area (TPSA) is 44.8 Å². The van der Waals surface area contributed by atoms with Gasteiger partial charge >= 0.3 is 15.3 Å². The van der Waals surface area contributed by atoms with E-state index in [0.717, 1.165) is 12.8 Å². The van der Waals surface area contributed by atoms with E-state index < -0.39 is 9.28 Å². The molecule has 0 aliphatic rings. The first-order chi connectivity index (χ1) is 6.71.